The molecule has 0 aliphatic heterocycles. The molecule has 19 heavy (non-hydrogen) atoms. The van der Waals surface area contributed by atoms with Crippen LogP contribution in [0, 0.1) is 0 Å². The Bertz CT molecular complexity index is 622. The van der Waals surface area contributed by atoms with E-state index >= 15 is 0 Å². The van der Waals surface area contributed by atoms with Crippen LogP contribution in [0.5, 0.6) is 0 Å². The maximum Gasteiger partial charge on any atom is 0.258 e. The maximum atomic E-state index is 11.6. The molecule has 0 saturated carbocycles. The summed E-state index contributed by atoms with van der Waals surface area (Å²) in [4.78, 5) is 20.4. The fraction of sp³-hybridized carbons (Fsp3) is 0.385. The minimum Gasteiger partial charge on any atom is -0.397 e. The molecule has 0 bridgehead atoms. The van der Waals surface area contributed by atoms with Gasteiger partial charge in [-0.05, 0) is 32.1 Å². The van der Waals surface area contributed by atoms with Gasteiger partial charge in [-0.1, -0.05) is 0 Å². The van der Waals surface area contributed by atoms with E-state index in [1.165, 1.54) is 6.33 Å². The molecular weight excluding hydrogens is 242 g/mol. The second-order valence-electron chi connectivity index (χ2n) is 4.54. The van der Waals surface area contributed by atoms with Crippen LogP contribution in [0.1, 0.15) is 6.42 Å². The van der Waals surface area contributed by atoms with Gasteiger partial charge in [0.25, 0.3) is 5.56 Å². The Morgan fingerprint density at radius 2 is 2.26 bits per heavy atom. The van der Waals surface area contributed by atoms with Gasteiger partial charge < -0.3 is 20.9 Å². The number of nitrogens with one attached hydrogen (secondary N) is 2. The molecule has 2 aromatic rings. The van der Waals surface area contributed by atoms with Crippen molar-refractivity contribution in [2.45, 2.75) is 6.42 Å². The van der Waals surface area contributed by atoms with E-state index in [-0.39, 0.29) is 5.56 Å². The van der Waals surface area contributed by atoms with Gasteiger partial charge in [0, 0.05) is 13.6 Å². The van der Waals surface area contributed by atoms with Crippen molar-refractivity contribution in [2.24, 2.45) is 0 Å². The fourth-order valence-electron chi connectivity index (χ4n) is 2.06. The van der Waals surface area contributed by atoms with E-state index in [0.29, 0.717) is 16.6 Å². The second-order valence-corrected chi connectivity index (χ2v) is 4.54. The lowest BCUT2D eigenvalue weighted by Crippen LogP contribution is -2.23. The topological polar surface area (TPSA) is 87.0 Å². The van der Waals surface area contributed by atoms with Crippen molar-refractivity contribution < 1.29 is 0 Å². The largest absolute Gasteiger partial charge is 0.397 e. The molecule has 1 aromatic carbocycles. The van der Waals surface area contributed by atoms with Gasteiger partial charge in [-0.3, -0.25) is 4.79 Å². The number of hydrogen-bond donors (Lipinski definition) is 3. The Morgan fingerprint density at radius 1 is 1.47 bits per heavy atom. The molecule has 0 spiro atoms. The number of nitrogens with zero attached hydrogens (tertiary/aromatic N) is 2. The Balaban J connectivity index is 2.33. The number of benzene rings is 1. The van der Waals surface area contributed by atoms with Gasteiger partial charge >= 0.3 is 0 Å². The molecule has 6 heteroatoms. The summed E-state index contributed by atoms with van der Waals surface area (Å²) >= 11 is 0. The number of fused-ring (bicyclic) bond motifs is 1. The molecule has 1 heterocycles. The zero-order valence-electron chi connectivity index (χ0n) is 11.2. The van der Waals surface area contributed by atoms with Crippen LogP contribution < -0.4 is 21.5 Å². The summed E-state index contributed by atoms with van der Waals surface area (Å²) in [6.07, 6.45) is 2.43. The summed E-state index contributed by atoms with van der Waals surface area (Å²) in [5, 5.41) is 3.63. The summed E-state index contributed by atoms with van der Waals surface area (Å²) < 4.78 is 0. The van der Waals surface area contributed by atoms with E-state index in [4.69, 9.17) is 5.73 Å². The monoisotopic (exact) mass is 261 g/mol. The predicted octanol–water partition coefficient (Wildman–Crippen LogP) is 0.551. The summed E-state index contributed by atoms with van der Waals surface area (Å²) in [6.45, 7) is 1.84. The predicted molar refractivity (Wildman–Crippen MR) is 78.6 cm³/mol. The summed E-state index contributed by atoms with van der Waals surface area (Å²) in [5.41, 5.74) is 8.02. The number of hydrogen-bond acceptors (Lipinski definition) is 5. The molecule has 0 aliphatic rings. The van der Waals surface area contributed by atoms with Crippen molar-refractivity contribution in [1.82, 2.24) is 15.3 Å². The maximum absolute atomic E-state index is 11.6. The van der Waals surface area contributed by atoms with Gasteiger partial charge in [0.15, 0.2) is 0 Å². The van der Waals surface area contributed by atoms with Crippen LogP contribution in [0.2, 0.25) is 0 Å². The zero-order chi connectivity index (χ0) is 13.8. The number of aromatic nitrogens is 2. The normalized spacial score (nSPS) is 10.8. The molecule has 2 rings (SSSR count). The molecule has 0 aliphatic carbocycles. The van der Waals surface area contributed by atoms with Crippen molar-refractivity contribution >= 4 is 22.3 Å². The molecule has 1 aromatic heterocycles. The van der Waals surface area contributed by atoms with Crippen LogP contribution in [0.15, 0.2) is 23.3 Å². The quantitative estimate of drug-likeness (QED) is 0.540. The Kier molecular flexibility index (Phi) is 4.01. The molecule has 0 amide bonds. The number of anilines is 2. The van der Waals surface area contributed by atoms with Gasteiger partial charge in [0.2, 0.25) is 0 Å². The van der Waals surface area contributed by atoms with Crippen LogP contribution in [0.3, 0.4) is 0 Å². The molecule has 0 unspecified atom stereocenters. The molecular formula is C13H19N5O. The Labute approximate surface area is 111 Å². The van der Waals surface area contributed by atoms with Gasteiger partial charge in [-0.15, -0.1) is 0 Å². The van der Waals surface area contributed by atoms with Crippen molar-refractivity contribution in [3.8, 4) is 0 Å². The number of nitrogen functional groups attached to an aromatic ring is 1. The first-order valence-electron chi connectivity index (χ1n) is 6.26. The highest BCUT2D eigenvalue weighted by Gasteiger charge is 2.09. The number of rotatable bonds is 5. The van der Waals surface area contributed by atoms with Crippen LogP contribution in [0.4, 0.5) is 11.4 Å². The fourth-order valence-corrected chi connectivity index (χ4v) is 2.06. The molecule has 0 radical (unpaired) electrons. The van der Waals surface area contributed by atoms with Crippen LogP contribution in [0.25, 0.3) is 10.9 Å². The highest BCUT2D eigenvalue weighted by molar-refractivity contribution is 5.88. The Hall–Kier alpha value is -2.08. The van der Waals surface area contributed by atoms with Crippen molar-refractivity contribution in [2.75, 3.05) is 37.8 Å². The molecule has 102 valence electrons. The van der Waals surface area contributed by atoms with E-state index in [9.17, 15) is 4.79 Å². The molecule has 0 atom stereocenters. The Morgan fingerprint density at radius 3 is 3.00 bits per heavy atom. The summed E-state index contributed by atoms with van der Waals surface area (Å²) in [6, 6.07) is 3.55. The first kappa shape index (κ1) is 13.4. The van der Waals surface area contributed by atoms with Crippen LogP contribution in [-0.2, 0) is 0 Å². The lowest BCUT2D eigenvalue weighted by molar-refractivity contribution is 0.713. The summed E-state index contributed by atoms with van der Waals surface area (Å²) in [5.74, 6) is 0. The number of nitrogens with two attached hydrogens (primary N) is 1. The lowest BCUT2D eigenvalue weighted by atomic mass is 10.1. The third kappa shape index (κ3) is 2.85. The van der Waals surface area contributed by atoms with Crippen molar-refractivity contribution in [3.63, 3.8) is 0 Å². The average Bonchev–Trinajstić information content (AvgIpc) is 2.39. The third-order valence-electron chi connectivity index (χ3n) is 3.12. The highest BCUT2D eigenvalue weighted by atomic mass is 16.1. The van der Waals surface area contributed by atoms with Gasteiger partial charge in [0.05, 0.1) is 28.6 Å². The van der Waals surface area contributed by atoms with E-state index in [0.717, 1.165) is 25.2 Å². The zero-order valence-corrected chi connectivity index (χ0v) is 11.2. The van der Waals surface area contributed by atoms with Crippen LogP contribution >= 0.6 is 0 Å². The van der Waals surface area contributed by atoms with E-state index in [2.05, 4.69) is 20.2 Å². The highest BCUT2D eigenvalue weighted by Crippen LogP contribution is 2.25. The average molecular weight is 261 g/mol. The first-order valence-corrected chi connectivity index (χ1v) is 6.26. The SMILES string of the molecule is CNCCCN(C)c1cc2nc[nH]c(=O)c2cc1N. The second kappa shape index (κ2) is 5.71. The van der Waals surface area contributed by atoms with Crippen LogP contribution in [-0.4, -0.2) is 37.2 Å². The first-order chi connectivity index (χ1) is 9.13. The summed E-state index contributed by atoms with van der Waals surface area (Å²) in [7, 11) is 3.92. The smallest absolute Gasteiger partial charge is 0.258 e. The van der Waals surface area contributed by atoms with E-state index < -0.39 is 0 Å². The third-order valence-corrected chi connectivity index (χ3v) is 3.12. The van der Waals surface area contributed by atoms with Gasteiger partial charge in [-0.2, -0.15) is 0 Å². The molecule has 0 fully saturated rings. The minimum absolute atomic E-state index is 0.166. The van der Waals surface area contributed by atoms with E-state index in [1.54, 1.807) is 6.07 Å². The number of H-pyrrole nitrogens is 1. The minimum atomic E-state index is -0.166. The van der Waals surface area contributed by atoms with E-state index in [1.807, 2.05) is 20.2 Å². The molecule has 6 nitrogen and oxygen atoms in total. The molecule has 0 saturated heterocycles. The van der Waals surface area contributed by atoms with Gasteiger partial charge in [-0.25, -0.2) is 4.98 Å². The standard InChI is InChI=1S/C13H19N5O/c1-15-4-3-5-18(2)12-7-11-9(6-10(12)14)13(19)17-8-16-11/h6-8,15H,3-5,14H2,1-2H3,(H,16,17,19). The van der Waals surface area contributed by atoms with Gasteiger partial charge in [0.1, 0.15) is 0 Å². The lowest BCUT2D eigenvalue weighted by Gasteiger charge is -2.21. The van der Waals surface area contributed by atoms with Crippen molar-refractivity contribution in [3.05, 3.63) is 28.8 Å². The number of aromatic amines is 1. The molecule has 4 N–H and O–H groups in total. The van der Waals surface area contributed by atoms with Crippen molar-refractivity contribution in [1.29, 1.82) is 0 Å².